The molecule has 6 heteroatoms. The van der Waals surface area contributed by atoms with Crippen LogP contribution in [0.1, 0.15) is 23.2 Å². The minimum atomic E-state index is -1.33. The van der Waals surface area contributed by atoms with Crippen LogP contribution in [0, 0.1) is 0 Å². The molecule has 6 nitrogen and oxygen atoms in total. The highest BCUT2D eigenvalue weighted by Gasteiger charge is 2.19. The zero-order valence-corrected chi connectivity index (χ0v) is 10.2. The number of carbonyl (C=O) groups is 3. The van der Waals surface area contributed by atoms with E-state index in [0.717, 1.165) is 0 Å². The Hall–Kier alpha value is -2.21. The van der Waals surface area contributed by atoms with Gasteiger partial charge in [0.05, 0.1) is 6.61 Å². The first kappa shape index (κ1) is 14.8. The monoisotopic (exact) mass is 265 g/mol. The molecule has 1 aromatic rings. The van der Waals surface area contributed by atoms with Gasteiger partial charge in [0.2, 0.25) is 5.91 Å². The van der Waals surface area contributed by atoms with Crippen molar-refractivity contribution in [1.82, 2.24) is 5.32 Å². The predicted molar refractivity (Wildman–Crippen MR) is 66.7 cm³/mol. The molecule has 0 spiro atoms. The third-order valence-electron chi connectivity index (χ3n) is 2.49. The summed E-state index contributed by atoms with van der Waals surface area (Å²) in [5.74, 6) is -2.08. The number of ketones is 1. The number of hydrogen-bond acceptors (Lipinski definition) is 4. The third-order valence-corrected chi connectivity index (χ3v) is 2.49. The summed E-state index contributed by atoms with van der Waals surface area (Å²) < 4.78 is 0. The lowest BCUT2D eigenvalue weighted by Gasteiger charge is -2.11. The summed E-state index contributed by atoms with van der Waals surface area (Å²) in [6, 6.07) is 7.18. The van der Waals surface area contributed by atoms with Crippen LogP contribution in [0.2, 0.25) is 0 Å². The number of aliphatic hydroxyl groups excluding tert-OH is 1. The molecule has 1 rings (SSSR count). The molecule has 0 heterocycles. The molecule has 0 radical (unpaired) electrons. The summed E-state index contributed by atoms with van der Waals surface area (Å²) in [6.45, 7) is -0.687. The fraction of sp³-hybridized carbons (Fsp3) is 0.308. The molecule has 0 aliphatic rings. The molecule has 0 aliphatic heterocycles. The Bertz CT molecular complexity index is 457. The van der Waals surface area contributed by atoms with Gasteiger partial charge in [-0.2, -0.15) is 0 Å². The lowest BCUT2D eigenvalue weighted by molar-refractivity contribution is -0.142. The largest absolute Gasteiger partial charge is 0.480 e. The van der Waals surface area contributed by atoms with Gasteiger partial charge in [-0.25, -0.2) is 4.79 Å². The van der Waals surface area contributed by atoms with Crippen molar-refractivity contribution in [3.05, 3.63) is 35.9 Å². The minimum absolute atomic E-state index is 0.00634. The highest BCUT2D eigenvalue weighted by molar-refractivity contribution is 5.98. The number of benzene rings is 1. The van der Waals surface area contributed by atoms with E-state index in [4.69, 9.17) is 10.2 Å². The number of aliphatic hydroxyl groups is 1. The number of carbonyl (C=O) groups excluding carboxylic acids is 2. The number of carboxylic acids is 1. The quantitative estimate of drug-likeness (QED) is 0.611. The molecule has 1 aromatic carbocycles. The zero-order valence-electron chi connectivity index (χ0n) is 10.2. The minimum Gasteiger partial charge on any atom is -0.480 e. The average molecular weight is 265 g/mol. The second kappa shape index (κ2) is 7.27. The average Bonchev–Trinajstić information content (AvgIpc) is 2.42. The van der Waals surface area contributed by atoms with E-state index in [1.165, 1.54) is 0 Å². The van der Waals surface area contributed by atoms with Crippen molar-refractivity contribution in [2.75, 3.05) is 6.61 Å². The van der Waals surface area contributed by atoms with Crippen LogP contribution in [0.4, 0.5) is 0 Å². The van der Waals surface area contributed by atoms with Gasteiger partial charge in [-0.05, 0) is 0 Å². The first-order chi connectivity index (χ1) is 9.04. The second-order valence-corrected chi connectivity index (χ2v) is 3.93. The van der Waals surface area contributed by atoms with Crippen LogP contribution in [0.5, 0.6) is 0 Å². The molecular formula is C13H15NO5. The molecule has 1 unspecified atom stereocenters. The van der Waals surface area contributed by atoms with Crippen molar-refractivity contribution in [3.63, 3.8) is 0 Å². The van der Waals surface area contributed by atoms with Crippen molar-refractivity contribution >= 4 is 17.7 Å². The van der Waals surface area contributed by atoms with Gasteiger partial charge < -0.3 is 15.5 Å². The highest BCUT2D eigenvalue weighted by Crippen LogP contribution is 2.05. The van der Waals surface area contributed by atoms with Gasteiger partial charge in [0, 0.05) is 18.4 Å². The van der Waals surface area contributed by atoms with E-state index in [1.54, 1.807) is 30.3 Å². The molecule has 0 aliphatic carbocycles. The normalized spacial score (nSPS) is 11.6. The van der Waals surface area contributed by atoms with Gasteiger partial charge in [0.15, 0.2) is 5.78 Å². The van der Waals surface area contributed by atoms with Gasteiger partial charge in [-0.1, -0.05) is 30.3 Å². The molecule has 0 bridgehead atoms. The summed E-state index contributed by atoms with van der Waals surface area (Å²) in [5, 5.41) is 19.5. The molecule has 0 fully saturated rings. The summed E-state index contributed by atoms with van der Waals surface area (Å²) in [7, 11) is 0. The number of hydrogen-bond donors (Lipinski definition) is 3. The summed E-state index contributed by atoms with van der Waals surface area (Å²) in [4.78, 5) is 33.7. The molecule has 0 saturated heterocycles. The van der Waals surface area contributed by atoms with Gasteiger partial charge in [0.25, 0.3) is 0 Å². The van der Waals surface area contributed by atoms with E-state index in [9.17, 15) is 14.4 Å². The smallest absolute Gasteiger partial charge is 0.328 e. The molecule has 3 N–H and O–H groups in total. The topological polar surface area (TPSA) is 104 Å². The molecule has 19 heavy (non-hydrogen) atoms. The maximum atomic E-state index is 11.7. The van der Waals surface area contributed by atoms with Crippen LogP contribution in [-0.2, 0) is 9.59 Å². The summed E-state index contributed by atoms with van der Waals surface area (Å²) in [5.41, 5.74) is 0.507. The lowest BCUT2D eigenvalue weighted by atomic mass is 10.1. The van der Waals surface area contributed by atoms with Gasteiger partial charge >= 0.3 is 5.97 Å². The van der Waals surface area contributed by atoms with Gasteiger partial charge in [0.1, 0.15) is 6.04 Å². The van der Waals surface area contributed by atoms with Crippen molar-refractivity contribution in [3.8, 4) is 0 Å². The Balaban J connectivity index is 2.42. The predicted octanol–water partition coefficient (Wildman–Crippen LogP) is 0.211. The first-order valence-corrected chi connectivity index (χ1v) is 5.76. The van der Waals surface area contributed by atoms with Crippen molar-refractivity contribution in [2.24, 2.45) is 0 Å². The zero-order chi connectivity index (χ0) is 14.3. The fourth-order valence-corrected chi connectivity index (χ4v) is 1.45. The number of amides is 1. The van der Waals surface area contributed by atoms with E-state index >= 15 is 0 Å². The molecule has 102 valence electrons. The Morgan fingerprint density at radius 2 is 1.74 bits per heavy atom. The van der Waals surface area contributed by atoms with Crippen LogP contribution < -0.4 is 5.32 Å². The first-order valence-electron chi connectivity index (χ1n) is 5.76. The Morgan fingerprint density at radius 1 is 1.11 bits per heavy atom. The van der Waals surface area contributed by atoms with E-state index < -0.39 is 24.5 Å². The number of carboxylic acid groups (broad SMARTS) is 1. The lowest BCUT2D eigenvalue weighted by Crippen LogP contribution is -2.43. The molecule has 0 aromatic heterocycles. The fourth-order valence-electron chi connectivity index (χ4n) is 1.45. The number of nitrogens with one attached hydrogen (secondary N) is 1. The summed E-state index contributed by atoms with van der Waals surface area (Å²) in [6.07, 6.45) is -0.120. The molecule has 1 amide bonds. The SMILES string of the molecule is O=C(CCC(=O)c1ccccc1)NC(CO)C(=O)O. The van der Waals surface area contributed by atoms with E-state index in [-0.39, 0.29) is 18.6 Å². The van der Waals surface area contributed by atoms with Crippen LogP contribution in [-0.4, -0.2) is 40.5 Å². The number of aliphatic carboxylic acids is 1. The van der Waals surface area contributed by atoms with Gasteiger partial charge in [-0.3, -0.25) is 9.59 Å². The van der Waals surface area contributed by atoms with E-state index in [1.807, 2.05) is 0 Å². The standard InChI is InChI=1S/C13H15NO5/c15-8-10(13(18)19)14-12(17)7-6-11(16)9-4-2-1-3-5-9/h1-5,10,15H,6-8H2,(H,14,17)(H,18,19). The highest BCUT2D eigenvalue weighted by atomic mass is 16.4. The van der Waals surface area contributed by atoms with Crippen LogP contribution in [0.3, 0.4) is 0 Å². The van der Waals surface area contributed by atoms with Crippen molar-refractivity contribution in [1.29, 1.82) is 0 Å². The van der Waals surface area contributed by atoms with Crippen LogP contribution in [0.15, 0.2) is 30.3 Å². The Morgan fingerprint density at radius 3 is 2.26 bits per heavy atom. The molecular weight excluding hydrogens is 250 g/mol. The van der Waals surface area contributed by atoms with E-state index in [0.29, 0.717) is 5.56 Å². The molecule has 0 saturated carbocycles. The second-order valence-electron chi connectivity index (χ2n) is 3.93. The van der Waals surface area contributed by atoms with Crippen molar-refractivity contribution < 1.29 is 24.6 Å². The van der Waals surface area contributed by atoms with Gasteiger partial charge in [-0.15, -0.1) is 0 Å². The maximum Gasteiger partial charge on any atom is 0.328 e. The Labute approximate surface area is 110 Å². The van der Waals surface area contributed by atoms with Crippen LogP contribution >= 0.6 is 0 Å². The number of Topliss-reactive ketones (excluding diaryl/α,β-unsaturated/α-hetero) is 1. The Kier molecular flexibility index (Phi) is 5.69. The van der Waals surface area contributed by atoms with E-state index in [2.05, 4.69) is 5.32 Å². The summed E-state index contributed by atoms with van der Waals surface area (Å²) >= 11 is 0. The number of rotatable bonds is 7. The third kappa shape index (κ3) is 4.89. The molecule has 1 atom stereocenters. The van der Waals surface area contributed by atoms with Crippen molar-refractivity contribution in [2.45, 2.75) is 18.9 Å². The van der Waals surface area contributed by atoms with Crippen LogP contribution in [0.25, 0.3) is 0 Å². The maximum absolute atomic E-state index is 11.7.